The Morgan fingerprint density at radius 1 is 1.47 bits per heavy atom. The third kappa shape index (κ3) is 2.64. The molecule has 1 aliphatic rings. The normalized spacial score (nSPS) is 16.6. The number of alkyl halides is 2. The number of ether oxygens (including phenoxy) is 1. The van der Waals surface area contributed by atoms with Gasteiger partial charge in [-0.3, -0.25) is 4.79 Å². The second-order valence-corrected chi connectivity index (χ2v) is 3.80. The molecule has 0 aliphatic heterocycles. The van der Waals surface area contributed by atoms with Gasteiger partial charge in [0.2, 0.25) is 6.10 Å². The lowest BCUT2D eigenvalue weighted by Crippen LogP contribution is -2.10. The minimum absolute atomic E-state index is 0.0526. The molecule has 5 heteroatoms. The first kappa shape index (κ1) is 11.6. The molecule has 1 unspecified atom stereocenters. The van der Waals surface area contributed by atoms with Crippen LogP contribution in [0, 0.1) is 18.3 Å². The van der Waals surface area contributed by atoms with Gasteiger partial charge in [-0.25, -0.2) is 8.78 Å². The number of hydrogen-bond acceptors (Lipinski definition) is 3. The molecule has 0 N–H and O–H groups in total. The molecule has 1 aliphatic carbocycles. The molecular formula is C12H10F2O3. The van der Waals surface area contributed by atoms with Gasteiger partial charge >= 0.3 is 5.97 Å². The maximum Gasteiger partial charge on any atom is 0.310 e. The van der Waals surface area contributed by atoms with Crippen molar-refractivity contribution in [2.24, 2.45) is 5.92 Å². The van der Waals surface area contributed by atoms with Crippen LogP contribution in [0.3, 0.4) is 0 Å². The molecule has 1 fully saturated rings. The van der Waals surface area contributed by atoms with Crippen LogP contribution in [0.25, 0.3) is 0 Å². The molecule has 1 heterocycles. The predicted molar refractivity (Wildman–Crippen MR) is 54.1 cm³/mol. The molecule has 0 spiro atoms. The van der Waals surface area contributed by atoms with E-state index in [0.29, 0.717) is 0 Å². The maximum atomic E-state index is 12.3. The van der Waals surface area contributed by atoms with E-state index in [2.05, 4.69) is 5.92 Å². The Hall–Kier alpha value is -1.83. The summed E-state index contributed by atoms with van der Waals surface area (Å²) in [4.78, 5) is 11.4. The fourth-order valence-electron chi connectivity index (χ4n) is 1.33. The molecule has 0 saturated heterocycles. The summed E-state index contributed by atoms with van der Waals surface area (Å²) in [5.74, 6) is 1.27. The van der Waals surface area contributed by atoms with Gasteiger partial charge in [-0.05, 0) is 25.0 Å². The van der Waals surface area contributed by atoms with Crippen molar-refractivity contribution < 1.29 is 22.7 Å². The number of carbonyl (C=O) groups is 1. The fourth-order valence-corrected chi connectivity index (χ4v) is 1.33. The van der Waals surface area contributed by atoms with Crippen LogP contribution in [0.1, 0.15) is 36.9 Å². The van der Waals surface area contributed by atoms with Crippen molar-refractivity contribution in [1.29, 1.82) is 0 Å². The Balaban J connectivity index is 2.06. The van der Waals surface area contributed by atoms with Gasteiger partial charge in [0.05, 0.1) is 5.92 Å². The highest BCUT2D eigenvalue weighted by atomic mass is 19.3. The molecule has 90 valence electrons. The Bertz CT molecular complexity index is 455. The van der Waals surface area contributed by atoms with Crippen molar-refractivity contribution in [2.45, 2.75) is 25.4 Å². The maximum absolute atomic E-state index is 12.3. The van der Waals surface area contributed by atoms with Crippen LogP contribution in [0.2, 0.25) is 0 Å². The summed E-state index contributed by atoms with van der Waals surface area (Å²) in [7, 11) is 0. The van der Waals surface area contributed by atoms with Crippen molar-refractivity contribution in [3.8, 4) is 12.3 Å². The van der Waals surface area contributed by atoms with Crippen LogP contribution in [0.4, 0.5) is 8.78 Å². The van der Waals surface area contributed by atoms with Crippen molar-refractivity contribution in [3.05, 3.63) is 23.7 Å². The molecule has 3 nitrogen and oxygen atoms in total. The lowest BCUT2D eigenvalue weighted by molar-refractivity contribution is -0.149. The number of rotatable bonds is 4. The Morgan fingerprint density at radius 2 is 2.12 bits per heavy atom. The van der Waals surface area contributed by atoms with Crippen LogP contribution in [-0.4, -0.2) is 5.97 Å². The quantitative estimate of drug-likeness (QED) is 0.600. The molecule has 2 rings (SSSR count). The predicted octanol–water partition coefficient (Wildman–Crippen LogP) is 2.84. The zero-order valence-corrected chi connectivity index (χ0v) is 8.86. The number of carbonyl (C=O) groups excluding carboxylic acids is 1. The molecule has 1 saturated carbocycles. The number of halogens is 2. The van der Waals surface area contributed by atoms with Gasteiger partial charge in [0, 0.05) is 0 Å². The van der Waals surface area contributed by atoms with Crippen LogP contribution in [-0.2, 0) is 9.53 Å². The number of terminal acetylenes is 1. The van der Waals surface area contributed by atoms with Crippen molar-refractivity contribution >= 4 is 5.97 Å². The molecule has 1 aromatic rings. The van der Waals surface area contributed by atoms with Crippen LogP contribution in [0.5, 0.6) is 0 Å². The van der Waals surface area contributed by atoms with Gasteiger partial charge in [0.15, 0.2) is 11.5 Å². The third-order valence-electron chi connectivity index (χ3n) is 2.42. The van der Waals surface area contributed by atoms with Gasteiger partial charge < -0.3 is 9.15 Å². The average Bonchev–Trinajstić information content (AvgIpc) is 3.03. The summed E-state index contributed by atoms with van der Waals surface area (Å²) in [5, 5.41) is 0. The molecule has 0 radical (unpaired) electrons. The summed E-state index contributed by atoms with van der Waals surface area (Å²) >= 11 is 0. The van der Waals surface area contributed by atoms with Gasteiger partial charge in [-0.1, -0.05) is 5.92 Å². The number of esters is 1. The summed E-state index contributed by atoms with van der Waals surface area (Å²) < 4.78 is 34.4. The molecule has 1 atom stereocenters. The molecule has 0 aromatic carbocycles. The molecule has 0 amide bonds. The lowest BCUT2D eigenvalue weighted by atomic mass is 10.3. The van der Waals surface area contributed by atoms with E-state index in [-0.39, 0.29) is 11.7 Å². The lowest BCUT2D eigenvalue weighted by Gasteiger charge is -2.09. The Labute approximate surface area is 96.7 Å². The minimum atomic E-state index is -2.71. The average molecular weight is 240 g/mol. The molecule has 1 aromatic heterocycles. The van der Waals surface area contributed by atoms with Gasteiger partial charge in [0.25, 0.3) is 6.43 Å². The van der Waals surface area contributed by atoms with E-state index in [1.807, 2.05) is 0 Å². The summed E-state index contributed by atoms with van der Waals surface area (Å²) in [5.41, 5.74) is 0. The first-order valence-corrected chi connectivity index (χ1v) is 5.16. The van der Waals surface area contributed by atoms with Crippen molar-refractivity contribution in [3.63, 3.8) is 0 Å². The molecular weight excluding hydrogens is 230 g/mol. The van der Waals surface area contributed by atoms with Gasteiger partial charge in [-0.15, -0.1) is 6.42 Å². The van der Waals surface area contributed by atoms with Crippen LogP contribution < -0.4 is 0 Å². The van der Waals surface area contributed by atoms with E-state index in [0.717, 1.165) is 18.9 Å². The SMILES string of the molecule is C#CC(OC(=O)C1CC1)c1ccc(C(F)F)o1. The molecule has 0 bridgehead atoms. The highest BCUT2D eigenvalue weighted by molar-refractivity contribution is 5.75. The first-order valence-electron chi connectivity index (χ1n) is 5.16. The summed E-state index contributed by atoms with van der Waals surface area (Å²) in [6, 6.07) is 2.42. The fraction of sp³-hybridized carbons (Fsp3) is 0.417. The van der Waals surface area contributed by atoms with E-state index >= 15 is 0 Å². The zero-order valence-electron chi connectivity index (χ0n) is 8.86. The Morgan fingerprint density at radius 3 is 2.59 bits per heavy atom. The smallest absolute Gasteiger partial charge is 0.310 e. The Kier molecular flexibility index (Phi) is 3.14. The summed E-state index contributed by atoms with van der Waals surface area (Å²) in [6.45, 7) is 0. The van der Waals surface area contributed by atoms with Crippen molar-refractivity contribution in [1.82, 2.24) is 0 Å². The monoisotopic (exact) mass is 240 g/mol. The van der Waals surface area contributed by atoms with Crippen LogP contribution >= 0.6 is 0 Å². The largest absolute Gasteiger partial charge is 0.455 e. The highest BCUT2D eigenvalue weighted by Gasteiger charge is 2.33. The molecule has 17 heavy (non-hydrogen) atoms. The number of hydrogen-bond donors (Lipinski definition) is 0. The third-order valence-corrected chi connectivity index (χ3v) is 2.42. The van der Waals surface area contributed by atoms with Gasteiger partial charge in [-0.2, -0.15) is 0 Å². The van der Waals surface area contributed by atoms with E-state index in [9.17, 15) is 13.6 Å². The topological polar surface area (TPSA) is 39.4 Å². The van der Waals surface area contributed by atoms with Gasteiger partial charge in [0.1, 0.15) is 0 Å². The van der Waals surface area contributed by atoms with E-state index < -0.39 is 24.3 Å². The van der Waals surface area contributed by atoms with Crippen LogP contribution in [0.15, 0.2) is 16.5 Å². The number of furan rings is 1. The van der Waals surface area contributed by atoms with Crippen molar-refractivity contribution in [2.75, 3.05) is 0 Å². The minimum Gasteiger partial charge on any atom is -0.455 e. The highest BCUT2D eigenvalue weighted by Crippen LogP contribution is 2.33. The van der Waals surface area contributed by atoms with E-state index in [4.69, 9.17) is 15.6 Å². The zero-order chi connectivity index (χ0) is 12.4. The summed E-state index contributed by atoms with van der Waals surface area (Å²) in [6.07, 6.45) is 3.02. The van der Waals surface area contributed by atoms with E-state index in [1.54, 1.807) is 0 Å². The standard InChI is InChI=1S/C12H10F2O3/c1-2-8(17-12(15)7-3-4-7)9-5-6-10(16-9)11(13)14/h1,5-8,11H,3-4H2. The van der Waals surface area contributed by atoms with E-state index in [1.165, 1.54) is 6.07 Å². The second kappa shape index (κ2) is 4.58. The second-order valence-electron chi connectivity index (χ2n) is 3.80. The first-order chi connectivity index (χ1) is 8.11.